The van der Waals surface area contributed by atoms with E-state index in [1.807, 2.05) is 48.5 Å². The molecule has 0 saturated heterocycles. The Morgan fingerprint density at radius 1 is 0.880 bits per heavy atom. The second-order valence-electron chi connectivity index (χ2n) is 5.94. The highest BCUT2D eigenvalue weighted by molar-refractivity contribution is 6.34. The summed E-state index contributed by atoms with van der Waals surface area (Å²) in [7, 11) is 1.49. The van der Waals surface area contributed by atoms with Crippen LogP contribution in [0.25, 0.3) is 21.8 Å². The molecule has 2 aromatic carbocycles. The lowest BCUT2D eigenvalue weighted by atomic mass is 9.86. The predicted octanol–water partition coefficient (Wildman–Crippen LogP) is 3.02. The first-order valence-corrected chi connectivity index (χ1v) is 7.87. The van der Waals surface area contributed by atoms with Crippen LogP contribution in [0.4, 0.5) is 0 Å². The van der Waals surface area contributed by atoms with E-state index in [2.05, 4.69) is 4.98 Å². The molecule has 0 radical (unpaired) electrons. The van der Waals surface area contributed by atoms with Gasteiger partial charge >= 0.3 is 0 Å². The molecule has 0 atom stereocenters. The number of benzene rings is 2. The largest absolute Gasteiger partial charge is 0.416 e. The van der Waals surface area contributed by atoms with Crippen molar-refractivity contribution in [2.75, 3.05) is 7.11 Å². The van der Waals surface area contributed by atoms with Gasteiger partial charge in [0.25, 0.3) is 0 Å². The average molecular weight is 328 g/mol. The monoisotopic (exact) mass is 328 g/mol. The number of aromatic nitrogens is 2. The summed E-state index contributed by atoms with van der Waals surface area (Å²) in [5, 5.41) is 1.38. The summed E-state index contributed by atoms with van der Waals surface area (Å²) in [6.45, 7) is 0. The van der Waals surface area contributed by atoms with Gasteiger partial charge in [0.15, 0.2) is 5.78 Å². The molecular weight excluding hydrogens is 316 g/mol. The summed E-state index contributed by atoms with van der Waals surface area (Å²) in [6.07, 6.45) is 1.50. The summed E-state index contributed by atoms with van der Waals surface area (Å²) in [5.74, 6) is -0.420. The lowest BCUT2D eigenvalue weighted by molar-refractivity contribution is 0.0941. The first kappa shape index (κ1) is 13.9. The molecule has 1 aliphatic rings. The van der Waals surface area contributed by atoms with Crippen LogP contribution in [0.15, 0.2) is 54.7 Å². The van der Waals surface area contributed by atoms with Gasteiger partial charge in [-0.05, 0) is 12.1 Å². The molecule has 5 rings (SSSR count). The summed E-state index contributed by atoms with van der Waals surface area (Å²) in [5.41, 5.74) is 2.77. The Morgan fingerprint density at radius 3 is 2.40 bits per heavy atom. The molecule has 0 saturated carbocycles. The highest BCUT2D eigenvalue weighted by Crippen LogP contribution is 2.36. The minimum atomic E-state index is -0.221. The van der Waals surface area contributed by atoms with E-state index < -0.39 is 0 Å². The number of hydrogen-bond donors (Lipinski definition) is 0. The highest BCUT2D eigenvalue weighted by atomic mass is 16.6. The van der Waals surface area contributed by atoms with Crippen molar-refractivity contribution in [3.05, 3.63) is 77.1 Å². The third-order valence-electron chi connectivity index (χ3n) is 4.70. The van der Waals surface area contributed by atoms with Crippen molar-refractivity contribution in [2.24, 2.45) is 0 Å². The molecule has 0 amide bonds. The lowest BCUT2D eigenvalue weighted by Gasteiger charge is -2.17. The number of para-hydroxylation sites is 2. The number of carbonyl (C=O) groups is 2. The van der Waals surface area contributed by atoms with Crippen molar-refractivity contribution >= 4 is 33.4 Å². The van der Waals surface area contributed by atoms with Crippen molar-refractivity contribution in [1.29, 1.82) is 0 Å². The molecule has 4 aromatic rings. The van der Waals surface area contributed by atoms with Crippen molar-refractivity contribution in [3.8, 4) is 0 Å². The number of nitrogens with zero attached hydrogens (tertiary/aromatic N) is 2. The van der Waals surface area contributed by atoms with E-state index in [9.17, 15) is 9.59 Å². The fourth-order valence-corrected chi connectivity index (χ4v) is 3.65. The van der Waals surface area contributed by atoms with Gasteiger partial charge in [0, 0.05) is 22.5 Å². The Morgan fingerprint density at radius 2 is 1.60 bits per heavy atom. The molecule has 5 heteroatoms. The van der Waals surface area contributed by atoms with Gasteiger partial charge in [-0.2, -0.15) is 4.73 Å². The minimum Gasteiger partial charge on any atom is -0.416 e. The normalized spacial score (nSPS) is 13.2. The second kappa shape index (κ2) is 4.77. The van der Waals surface area contributed by atoms with Crippen LogP contribution in [0.3, 0.4) is 0 Å². The molecular formula is C20H12N2O3. The maximum Gasteiger partial charge on any atom is 0.215 e. The molecule has 0 N–H and O–H groups in total. The number of pyridine rings is 1. The molecule has 2 heterocycles. The third-order valence-corrected chi connectivity index (χ3v) is 4.70. The van der Waals surface area contributed by atoms with E-state index in [1.54, 1.807) is 0 Å². The molecule has 1 aliphatic carbocycles. The van der Waals surface area contributed by atoms with Crippen LogP contribution >= 0.6 is 0 Å². The topological polar surface area (TPSA) is 61.2 Å². The number of carbonyl (C=O) groups excluding carboxylic acids is 2. The Hall–Kier alpha value is -3.47. The summed E-state index contributed by atoms with van der Waals surface area (Å²) < 4.78 is 1.45. The smallest absolute Gasteiger partial charge is 0.215 e. The van der Waals surface area contributed by atoms with E-state index in [0.29, 0.717) is 38.5 Å². The molecule has 0 bridgehead atoms. The van der Waals surface area contributed by atoms with Crippen molar-refractivity contribution in [2.45, 2.75) is 0 Å². The fraction of sp³-hybridized carbons (Fsp3) is 0.0500. The zero-order valence-electron chi connectivity index (χ0n) is 13.3. The predicted molar refractivity (Wildman–Crippen MR) is 93.1 cm³/mol. The first-order chi connectivity index (χ1) is 12.2. The first-order valence-electron chi connectivity index (χ1n) is 7.87. The molecule has 120 valence electrons. The molecule has 5 nitrogen and oxygen atoms in total. The van der Waals surface area contributed by atoms with E-state index in [1.165, 1.54) is 18.0 Å². The average Bonchev–Trinajstić information content (AvgIpc) is 3.00. The molecule has 0 fully saturated rings. The van der Waals surface area contributed by atoms with Crippen LogP contribution in [0.2, 0.25) is 0 Å². The van der Waals surface area contributed by atoms with E-state index in [0.717, 1.165) is 0 Å². The molecule has 25 heavy (non-hydrogen) atoms. The Kier molecular flexibility index (Phi) is 2.65. The molecule has 0 aliphatic heterocycles. The Labute approximate surface area is 142 Å². The summed E-state index contributed by atoms with van der Waals surface area (Å²) in [6, 6.07) is 14.7. The number of rotatable bonds is 1. The zero-order chi connectivity index (χ0) is 17.1. The molecule has 0 unspecified atom stereocenters. The SMILES string of the molecule is COn1c2c(c3ccccc31)C(=O)c1cnc3ccccc3c1C2=O. The van der Waals surface area contributed by atoms with E-state index >= 15 is 0 Å². The molecule has 0 spiro atoms. The summed E-state index contributed by atoms with van der Waals surface area (Å²) in [4.78, 5) is 36.3. The van der Waals surface area contributed by atoms with Crippen LogP contribution < -0.4 is 4.84 Å². The maximum atomic E-state index is 13.3. The van der Waals surface area contributed by atoms with Crippen molar-refractivity contribution < 1.29 is 14.4 Å². The highest BCUT2D eigenvalue weighted by Gasteiger charge is 2.37. The van der Waals surface area contributed by atoms with Crippen LogP contribution in [0, 0.1) is 0 Å². The van der Waals surface area contributed by atoms with E-state index in [-0.39, 0.29) is 17.3 Å². The van der Waals surface area contributed by atoms with Crippen LogP contribution in [0.1, 0.15) is 32.0 Å². The standard InChI is InChI=1S/C20H12N2O3/c1-25-22-15-9-5-3-7-12(15)17-18(22)20(24)16-11-6-2-4-8-14(11)21-10-13(16)19(17)23/h2-10H,1H3. The quantitative estimate of drug-likeness (QED) is 0.474. The van der Waals surface area contributed by atoms with Gasteiger partial charge in [-0.15, -0.1) is 0 Å². The fourth-order valence-electron chi connectivity index (χ4n) is 3.65. The van der Waals surface area contributed by atoms with Crippen molar-refractivity contribution in [1.82, 2.24) is 9.71 Å². The van der Waals surface area contributed by atoms with Gasteiger partial charge < -0.3 is 4.84 Å². The molecule has 2 aromatic heterocycles. The van der Waals surface area contributed by atoms with Gasteiger partial charge in [0.05, 0.1) is 22.2 Å². The maximum absolute atomic E-state index is 13.3. The van der Waals surface area contributed by atoms with Gasteiger partial charge in [-0.3, -0.25) is 14.6 Å². The van der Waals surface area contributed by atoms with Gasteiger partial charge in [-0.25, -0.2) is 0 Å². The van der Waals surface area contributed by atoms with Gasteiger partial charge in [-0.1, -0.05) is 36.4 Å². The number of ketones is 2. The number of fused-ring (bicyclic) bond motifs is 6. The third kappa shape index (κ3) is 1.64. The minimum absolute atomic E-state index is 0.199. The van der Waals surface area contributed by atoms with Crippen LogP contribution in [-0.2, 0) is 0 Å². The van der Waals surface area contributed by atoms with Crippen molar-refractivity contribution in [3.63, 3.8) is 0 Å². The Balaban J connectivity index is 1.95. The Bertz CT molecular complexity index is 1220. The van der Waals surface area contributed by atoms with Gasteiger partial charge in [0.1, 0.15) is 12.8 Å². The van der Waals surface area contributed by atoms with E-state index in [4.69, 9.17) is 4.84 Å². The zero-order valence-corrected chi connectivity index (χ0v) is 13.3. The van der Waals surface area contributed by atoms with Crippen LogP contribution in [0.5, 0.6) is 0 Å². The number of hydrogen-bond acceptors (Lipinski definition) is 4. The van der Waals surface area contributed by atoms with Crippen LogP contribution in [-0.4, -0.2) is 28.4 Å². The van der Waals surface area contributed by atoms with Gasteiger partial charge in [0.2, 0.25) is 5.78 Å². The lowest BCUT2D eigenvalue weighted by Crippen LogP contribution is -2.25. The second-order valence-corrected chi connectivity index (χ2v) is 5.94. The summed E-state index contributed by atoms with van der Waals surface area (Å²) >= 11 is 0.